The molecule has 0 atom stereocenters. The highest BCUT2D eigenvalue weighted by Crippen LogP contribution is 2.42. The Bertz CT molecular complexity index is 3870. The predicted octanol–water partition coefficient (Wildman–Crippen LogP) is 14.5. The van der Waals surface area contributed by atoms with Crippen molar-refractivity contribution in [1.82, 2.24) is 24.1 Å². The highest BCUT2D eigenvalue weighted by atomic mass is 15.2. The minimum Gasteiger partial charge on any atom is -0.309 e. The molecule has 0 aliphatic carbocycles. The first-order chi connectivity index (χ1) is 30.7. The van der Waals surface area contributed by atoms with Crippen molar-refractivity contribution in [1.29, 1.82) is 0 Å². The van der Waals surface area contributed by atoms with Crippen LogP contribution in [-0.2, 0) is 0 Å². The fourth-order valence-corrected chi connectivity index (χ4v) is 9.71. The van der Waals surface area contributed by atoms with Gasteiger partial charge in [-0.05, 0) is 79.8 Å². The van der Waals surface area contributed by atoms with Gasteiger partial charge >= 0.3 is 0 Å². The Kier molecular flexibility index (Phi) is 7.54. The molecule has 0 aliphatic heterocycles. The number of aromatic nitrogens is 5. The minimum atomic E-state index is 0.573. The van der Waals surface area contributed by atoms with Crippen molar-refractivity contribution in [2.75, 3.05) is 0 Å². The fourth-order valence-electron chi connectivity index (χ4n) is 9.71. The number of rotatable bonds is 5. The van der Waals surface area contributed by atoms with Crippen LogP contribution in [0.1, 0.15) is 0 Å². The van der Waals surface area contributed by atoms with E-state index >= 15 is 0 Å². The molecule has 0 radical (unpaired) electrons. The summed E-state index contributed by atoms with van der Waals surface area (Å²) in [5, 5.41) is 12.2. The van der Waals surface area contributed by atoms with Crippen molar-refractivity contribution in [3.05, 3.63) is 212 Å². The molecule has 13 aromatic rings. The van der Waals surface area contributed by atoms with Crippen molar-refractivity contribution in [2.45, 2.75) is 0 Å². The third-order valence-corrected chi connectivity index (χ3v) is 12.6. The first-order valence-electron chi connectivity index (χ1n) is 21.0. The van der Waals surface area contributed by atoms with Gasteiger partial charge < -0.3 is 4.57 Å². The van der Waals surface area contributed by atoms with Gasteiger partial charge in [0.25, 0.3) is 0 Å². The Hall–Kier alpha value is -8.41. The van der Waals surface area contributed by atoms with Gasteiger partial charge in [0.15, 0.2) is 11.6 Å². The number of hydrogen-bond donors (Lipinski definition) is 0. The van der Waals surface area contributed by atoms with Gasteiger partial charge in [0.1, 0.15) is 0 Å². The molecule has 10 aromatic carbocycles. The molecule has 13 rings (SSSR count). The van der Waals surface area contributed by atoms with Crippen LogP contribution in [0.15, 0.2) is 212 Å². The molecule has 0 unspecified atom stereocenters. The molecule has 3 heterocycles. The Morgan fingerprint density at radius 2 is 0.645 bits per heavy atom. The van der Waals surface area contributed by atoms with Crippen LogP contribution < -0.4 is 0 Å². The van der Waals surface area contributed by atoms with Crippen LogP contribution in [0.25, 0.3) is 121 Å². The third kappa shape index (κ3) is 5.25. The second-order valence-electron chi connectivity index (χ2n) is 16.0. The summed E-state index contributed by atoms with van der Waals surface area (Å²) in [5.41, 5.74) is 9.66. The number of hydrogen-bond acceptors (Lipinski definition) is 3. The maximum atomic E-state index is 5.28. The molecule has 5 nitrogen and oxygen atoms in total. The Morgan fingerprint density at radius 1 is 0.242 bits per heavy atom. The number of nitrogens with zero attached hydrogens (tertiary/aromatic N) is 5. The zero-order valence-corrected chi connectivity index (χ0v) is 33.4. The molecule has 0 saturated carbocycles. The van der Waals surface area contributed by atoms with Crippen molar-refractivity contribution < 1.29 is 0 Å². The zero-order valence-electron chi connectivity index (χ0n) is 33.4. The smallest absolute Gasteiger partial charge is 0.238 e. The van der Waals surface area contributed by atoms with E-state index in [9.17, 15) is 0 Å². The Balaban J connectivity index is 1.06. The van der Waals surface area contributed by atoms with E-state index in [4.69, 9.17) is 15.0 Å². The highest BCUT2D eigenvalue weighted by molar-refractivity contribution is 6.26. The topological polar surface area (TPSA) is 48.5 Å². The molecule has 5 heteroatoms. The number of para-hydroxylation sites is 2. The van der Waals surface area contributed by atoms with Crippen LogP contribution in [0, 0.1) is 0 Å². The lowest BCUT2D eigenvalue weighted by Crippen LogP contribution is -2.06. The first kappa shape index (κ1) is 34.5. The second-order valence-corrected chi connectivity index (χ2v) is 16.0. The van der Waals surface area contributed by atoms with E-state index in [1.807, 2.05) is 24.3 Å². The standard InChI is InChI=1S/C57H35N5/c1-3-15-36(16-4-1)37-27-29-39(30-28-37)56-58-55(38-17-5-2-6-18-38)59-57(60-56)62-52-26-14-12-24-47(52)50-34-53-49(35-54(50)62)46-23-11-13-25-51(46)61(53)40-31-32-45-43-21-8-7-19-41(43)42-20-9-10-22-44(42)48(45)33-40/h1-35H. The van der Waals surface area contributed by atoms with Crippen LogP contribution in [0.3, 0.4) is 0 Å². The first-order valence-corrected chi connectivity index (χ1v) is 21.0. The zero-order chi connectivity index (χ0) is 40.7. The maximum Gasteiger partial charge on any atom is 0.238 e. The maximum absolute atomic E-state index is 5.28. The van der Waals surface area contributed by atoms with E-state index in [0.29, 0.717) is 17.6 Å². The Labute approximate surface area is 356 Å². The molecule has 0 amide bonds. The minimum absolute atomic E-state index is 0.573. The van der Waals surface area contributed by atoms with Crippen molar-refractivity contribution in [3.63, 3.8) is 0 Å². The molecule has 0 spiro atoms. The van der Waals surface area contributed by atoms with Gasteiger partial charge in [-0.1, -0.05) is 176 Å². The summed E-state index contributed by atoms with van der Waals surface area (Å²) in [6.07, 6.45) is 0. The summed E-state index contributed by atoms with van der Waals surface area (Å²) in [6.45, 7) is 0. The summed E-state index contributed by atoms with van der Waals surface area (Å²) in [4.78, 5) is 15.6. The van der Waals surface area contributed by atoms with Crippen LogP contribution in [0.2, 0.25) is 0 Å². The molecule has 62 heavy (non-hydrogen) atoms. The van der Waals surface area contributed by atoms with E-state index in [1.165, 1.54) is 43.3 Å². The predicted molar refractivity (Wildman–Crippen MR) is 257 cm³/mol. The summed E-state index contributed by atoms with van der Waals surface area (Å²) >= 11 is 0. The average Bonchev–Trinajstić information content (AvgIpc) is 3.85. The van der Waals surface area contributed by atoms with Gasteiger partial charge in [0.05, 0.1) is 22.1 Å². The van der Waals surface area contributed by atoms with E-state index < -0.39 is 0 Å². The van der Waals surface area contributed by atoms with Gasteiger partial charge in [-0.2, -0.15) is 9.97 Å². The van der Waals surface area contributed by atoms with Gasteiger partial charge in [0, 0.05) is 38.4 Å². The number of fused-ring (bicyclic) bond motifs is 12. The lowest BCUT2D eigenvalue weighted by atomic mass is 9.94. The van der Waals surface area contributed by atoms with E-state index in [1.54, 1.807) is 0 Å². The highest BCUT2D eigenvalue weighted by Gasteiger charge is 2.22. The van der Waals surface area contributed by atoms with Gasteiger partial charge in [-0.15, -0.1) is 0 Å². The summed E-state index contributed by atoms with van der Waals surface area (Å²) in [6, 6.07) is 75.7. The van der Waals surface area contributed by atoms with Crippen molar-refractivity contribution >= 4 is 75.9 Å². The van der Waals surface area contributed by atoms with Gasteiger partial charge in [-0.3, -0.25) is 4.57 Å². The van der Waals surface area contributed by atoms with E-state index in [2.05, 4.69) is 197 Å². The molecule has 3 aromatic heterocycles. The summed E-state index contributed by atoms with van der Waals surface area (Å²) in [5.74, 6) is 1.82. The molecule has 0 N–H and O–H groups in total. The normalized spacial score (nSPS) is 11.9. The SMILES string of the molecule is c1ccc(-c2ccc(-c3nc(-c4ccccc4)nc(-n4c5ccccc5c5cc6c(cc54)c4ccccc4n6-c4ccc5c6ccccc6c6ccccc6c5c4)n3)cc2)cc1. The molecular formula is C57H35N5. The van der Waals surface area contributed by atoms with E-state index in [-0.39, 0.29) is 0 Å². The van der Waals surface area contributed by atoms with Crippen LogP contribution in [0.5, 0.6) is 0 Å². The van der Waals surface area contributed by atoms with Gasteiger partial charge in [-0.25, -0.2) is 4.98 Å². The van der Waals surface area contributed by atoms with Crippen LogP contribution in [-0.4, -0.2) is 24.1 Å². The van der Waals surface area contributed by atoms with E-state index in [0.717, 1.165) is 60.6 Å². The quantitative estimate of drug-likeness (QED) is 0.163. The molecule has 0 aliphatic rings. The average molecular weight is 790 g/mol. The molecule has 0 saturated heterocycles. The molecule has 0 bridgehead atoms. The van der Waals surface area contributed by atoms with Crippen molar-refractivity contribution in [2.24, 2.45) is 0 Å². The summed E-state index contributed by atoms with van der Waals surface area (Å²) in [7, 11) is 0. The number of benzene rings is 10. The second kappa shape index (κ2) is 13.6. The van der Waals surface area contributed by atoms with Crippen molar-refractivity contribution in [3.8, 4) is 45.5 Å². The lowest BCUT2D eigenvalue weighted by Gasteiger charge is -2.14. The largest absolute Gasteiger partial charge is 0.309 e. The van der Waals surface area contributed by atoms with Crippen LogP contribution >= 0.6 is 0 Å². The molecule has 0 fully saturated rings. The monoisotopic (exact) mass is 789 g/mol. The lowest BCUT2D eigenvalue weighted by molar-refractivity contribution is 0.954. The fraction of sp³-hybridized carbons (Fsp3) is 0. The van der Waals surface area contributed by atoms with Crippen LogP contribution in [0.4, 0.5) is 0 Å². The third-order valence-electron chi connectivity index (χ3n) is 12.6. The molecular weight excluding hydrogens is 755 g/mol. The molecule has 288 valence electrons. The Morgan fingerprint density at radius 3 is 1.23 bits per heavy atom. The summed E-state index contributed by atoms with van der Waals surface area (Å²) < 4.78 is 4.66. The van der Waals surface area contributed by atoms with Gasteiger partial charge in [0.2, 0.25) is 5.95 Å².